The van der Waals surface area contributed by atoms with Crippen LogP contribution in [0.4, 0.5) is 5.69 Å². The number of aromatic nitrogens is 2. The molecule has 8 nitrogen and oxygen atoms in total. The predicted octanol–water partition coefficient (Wildman–Crippen LogP) is 2.69. The van der Waals surface area contributed by atoms with Gasteiger partial charge in [-0.3, -0.25) is 9.59 Å². The number of benzene rings is 1. The van der Waals surface area contributed by atoms with Crippen molar-refractivity contribution in [3.05, 3.63) is 53.0 Å². The number of hydrogen-bond donors (Lipinski definition) is 2. The second-order valence-corrected chi connectivity index (χ2v) is 6.56. The number of furan rings is 1. The highest BCUT2D eigenvalue weighted by Gasteiger charge is 2.33. The van der Waals surface area contributed by atoms with Crippen molar-refractivity contribution in [3.8, 4) is 11.7 Å². The molecule has 1 atom stereocenters. The van der Waals surface area contributed by atoms with Gasteiger partial charge in [0, 0.05) is 12.1 Å². The second kappa shape index (κ2) is 6.71. The van der Waals surface area contributed by atoms with Crippen molar-refractivity contribution in [2.45, 2.75) is 32.7 Å². The average Bonchev–Trinajstić information content (AvgIpc) is 3.33. The smallest absolute Gasteiger partial charge is 0.293 e. The van der Waals surface area contributed by atoms with E-state index in [-0.39, 0.29) is 30.7 Å². The third kappa shape index (κ3) is 3.33. The normalized spacial score (nSPS) is 15.5. The Labute approximate surface area is 154 Å². The Morgan fingerprint density at radius 2 is 2.19 bits per heavy atom. The van der Waals surface area contributed by atoms with Crippen LogP contribution in [0.2, 0.25) is 0 Å². The minimum Gasteiger partial charge on any atom is -0.459 e. The van der Waals surface area contributed by atoms with Gasteiger partial charge in [0.25, 0.3) is 5.89 Å². The van der Waals surface area contributed by atoms with E-state index in [1.165, 1.54) is 6.26 Å². The number of hydrogen-bond acceptors (Lipinski definition) is 6. The highest BCUT2D eigenvalue weighted by Crippen LogP contribution is 2.37. The third-order valence-corrected chi connectivity index (χ3v) is 4.49. The van der Waals surface area contributed by atoms with Crippen LogP contribution in [0.5, 0.6) is 0 Å². The van der Waals surface area contributed by atoms with Crippen LogP contribution in [0, 0.1) is 13.8 Å². The summed E-state index contributed by atoms with van der Waals surface area (Å²) in [5.41, 5.74) is 3.75. The van der Waals surface area contributed by atoms with Gasteiger partial charge in [-0.15, -0.1) is 0 Å². The van der Waals surface area contributed by atoms with Gasteiger partial charge >= 0.3 is 0 Å². The Bertz CT molecular complexity index is 1010. The lowest BCUT2D eigenvalue weighted by atomic mass is 9.92. The van der Waals surface area contributed by atoms with Gasteiger partial charge in [-0.25, -0.2) is 0 Å². The molecule has 138 valence electrons. The summed E-state index contributed by atoms with van der Waals surface area (Å²) in [6.45, 7) is 4.03. The fourth-order valence-electron chi connectivity index (χ4n) is 3.35. The fourth-order valence-corrected chi connectivity index (χ4v) is 3.35. The van der Waals surface area contributed by atoms with Gasteiger partial charge in [-0.05, 0) is 48.7 Å². The van der Waals surface area contributed by atoms with Gasteiger partial charge in [0.2, 0.25) is 11.8 Å². The number of fused-ring (bicyclic) bond motifs is 1. The number of rotatable bonds is 5. The van der Waals surface area contributed by atoms with Crippen LogP contribution in [0.15, 0.2) is 39.5 Å². The van der Waals surface area contributed by atoms with Crippen molar-refractivity contribution in [2.24, 2.45) is 0 Å². The summed E-state index contributed by atoms with van der Waals surface area (Å²) in [4.78, 5) is 28.8. The summed E-state index contributed by atoms with van der Waals surface area (Å²) in [6.07, 6.45) is 1.57. The van der Waals surface area contributed by atoms with Crippen molar-refractivity contribution < 1.29 is 18.5 Å². The van der Waals surface area contributed by atoms with Crippen LogP contribution >= 0.6 is 0 Å². The van der Waals surface area contributed by atoms with E-state index in [1.807, 2.05) is 26.0 Å². The second-order valence-electron chi connectivity index (χ2n) is 6.56. The van der Waals surface area contributed by atoms with Crippen LogP contribution in [-0.4, -0.2) is 22.0 Å². The lowest BCUT2D eigenvalue weighted by Crippen LogP contribution is -2.27. The molecule has 3 aromatic rings. The standard InChI is InChI=1S/C19H18N4O4/c1-10-6-11(2)17-12(18(25)21-13(17)7-10)8-16(24)20-9-15-22-19(27-23-15)14-4-3-5-26-14/h3-7,12H,8-9H2,1-2H3,(H,20,24)(H,21,25)/t12-/m1/s1. The number of aryl methyl sites for hydroxylation is 2. The Morgan fingerprint density at radius 1 is 1.33 bits per heavy atom. The number of carbonyl (C=O) groups is 2. The number of anilines is 1. The maximum atomic E-state index is 12.3. The third-order valence-electron chi connectivity index (χ3n) is 4.49. The van der Waals surface area contributed by atoms with E-state index < -0.39 is 5.92 Å². The lowest BCUT2D eigenvalue weighted by molar-refractivity contribution is -0.125. The summed E-state index contributed by atoms with van der Waals surface area (Å²) < 4.78 is 10.3. The van der Waals surface area contributed by atoms with E-state index in [9.17, 15) is 9.59 Å². The highest BCUT2D eigenvalue weighted by atomic mass is 16.5. The summed E-state index contributed by atoms with van der Waals surface area (Å²) in [6, 6.07) is 7.36. The lowest BCUT2D eigenvalue weighted by Gasteiger charge is -2.11. The molecule has 0 saturated carbocycles. The largest absolute Gasteiger partial charge is 0.459 e. The summed E-state index contributed by atoms with van der Waals surface area (Å²) in [5.74, 6) is 0.132. The van der Waals surface area contributed by atoms with Crippen molar-refractivity contribution in [1.82, 2.24) is 15.5 Å². The van der Waals surface area contributed by atoms with Crippen LogP contribution in [-0.2, 0) is 16.1 Å². The van der Waals surface area contributed by atoms with E-state index >= 15 is 0 Å². The van der Waals surface area contributed by atoms with Gasteiger partial charge in [0.05, 0.1) is 18.7 Å². The number of amides is 2. The Balaban J connectivity index is 1.40. The minimum atomic E-state index is -0.496. The minimum absolute atomic E-state index is 0.0611. The molecule has 8 heteroatoms. The predicted molar refractivity (Wildman–Crippen MR) is 95.8 cm³/mol. The van der Waals surface area contributed by atoms with E-state index in [1.54, 1.807) is 12.1 Å². The van der Waals surface area contributed by atoms with Crippen molar-refractivity contribution in [3.63, 3.8) is 0 Å². The zero-order valence-electron chi connectivity index (χ0n) is 14.9. The Kier molecular flexibility index (Phi) is 4.23. The van der Waals surface area contributed by atoms with E-state index in [0.29, 0.717) is 11.6 Å². The monoisotopic (exact) mass is 366 g/mol. The first-order valence-electron chi connectivity index (χ1n) is 8.56. The molecule has 3 heterocycles. The van der Waals surface area contributed by atoms with Gasteiger partial charge in [0.15, 0.2) is 11.6 Å². The zero-order valence-corrected chi connectivity index (χ0v) is 14.9. The first-order chi connectivity index (χ1) is 13.0. The van der Waals surface area contributed by atoms with Crippen molar-refractivity contribution in [1.29, 1.82) is 0 Å². The molecule has 1 aliphatic rings. The average molecular weight is 366 g/mol. The molecule has 0 aliphatic carbocycles. The molecule has 0 bridgehead atoms. The highest BCUT2D eigenvalue weighted by molar-refractivity contribution is 6.05. The van der Waals surface area contributed by atoms with Crippen LogP contribution in [0.25, 0.3) is 11.7 Å². The Morgan fingerprint density at radius 3 is 2.96 bits per heavy atom. The summed E-state index contributed by atoms with van der Waals surface area (Å²) in [7, 11) is 0. The molecule has 0 unspecified atom stereocenters. The first-order valence-corrected chi connectivity index (χ1v) is 8.56. The Hall–Kier alpha value is -3.42. The number of nitrogens with one attached hydrogen (secondary N) is 2. The van der Waals surface area contributed by atoms with Gasteiger partial charge in [-0.1, -0.05) is 11.2 Å². The molecule has 1 aliphatic heterocycles. The van der Waals surface area contributed by atoms with Crippen LogP contribution < -0.4 is 10.6 Å². The van der Waals surface area contributed by atoms with Crippen molar-refractivity contribution >= 4 is 17.5 Å². The quantitative estimate of drug-likeness (QED) is 0.718. The molecule has 0 radical (unpaired) electrons. The SMILES string of the molecule is Cc1cc(C)c2c(c1)NC(=O)[C@@H]2CC(=O)NCc1noc(-c2ccco2)n1. The summed E-state index contributed by atoms with van der Waals surface area (Å²) >= 11 is 0. The zero-order chi connectivity index (χ0) is 19.0. The molecule has 4 rings (SSSR count). The number of carbonyl (C=O) groups excluding carboxylic acids is 2. The van der Waals surface area contributed by atoms with Crippen LogP contribution in [0.1, 0.15) is 34.9 Å². The van der Waals surface area contributed by atoms with E-state index in [4.69, 9.17) is 8.94 Å². The topological polar surface area (TPSA) is 110 Å². The molecule has 0 fully saturated rings. The molecular weight excluding hydrogens is 348 g/mol. The fraction of sp³-hybridized carbons (Fsp3) is 0.263. The first kappa shape index (κ1) is 17.0. The molecular formula is C19H18N4O4. The number of nitrogens with zero attached hydrogens (tertiary/aromatic N) is 2. The summed E-state index contributed by atoms with van der Waals surface area (Å²) in [5, 5.41) is 9.40. The van der Waals surface area contributed by atoms with Crippen molar-refractivity contribution in [2.75, 3.05) is 5.32 Å². The molecule has 2 N–H and O–H groups in total. The molecule has 0 saturated heterocycles. The van der Waals surface area contributed by atoms with E-state index in [0.717, 1.165) is 22.4 Å². The molecule has 1 aromatic carbocycles. The maximum absolute atomic E-state index is 12.3. The molecule has 0 spiro atoms. The maximum Gasteiger partial charge on any atom is 0.293 e. The molecule has 2 aromatic heterocycles. The molecule has 2 amide bonds. The van der Waals surface area contributed by atoms with Gasteiger partial charge in [-0.2, -0.15) is 4.98 Å². The van der Waals surface area contributed by atoms with E-state index in [2.05, 4.69) is 20.8 Å². The van der Waals surface area contributed by atoms with Gasteiger partial charge in [0.1, 0.15) is 0 Å². The molecule has 27 heavy (non-hydrogen) atoms. The van der Waals surface area contributed by atoms with Gasteiger partial charge < -0.3 is 19.6 Å². The van der Waals surface area contributed by atoms with Crippen LogP contribution in [0.3, 0.4) is 0 Å².